The van der Waals surface area contributed by atoms with Gasteiger partial charge in [-0.2, -0.15) is 0 Å². The summed E-state index contributed by atoms with van der Waals surface area (Å²) in [7, 11) is 1.77. The van der Waals surface area contributed by atoms with Gasteiger partial charge in [0.25, 0.3) is 0 Å². The van der Waals surface area contributed by atoms with Crippen LogP contribution in [0.15, 0.2) is 29.3 Å². The number of ether oxygens (including phenoxy) is 1. The molecule has 1 aromatic carbocycles. The lowest BCUT2D eigenvalue weighted by Gasteiger charge is -2.25. The molecule has 0 bridgehead atoms. The van der Waals surface area contributed by atoms with Crippen LogP contribution in [0.5, 0.6) is 5.75 Å². The summed E-state index contributed by atoms with van der Waals surface area (Å²) in [5.41, 5.74) is 0.601. The van der Waals surface area contributed by atoms with Crippen molar-refractivity contribution in [1.82, 2.24) is 15.1 Å². The van der Waals surface area contributed by atoms with Gasteiger partial charge in [0.1, 0.15) is 5.75 Å². The molecule has 3 aliphatic rings. The van der Waals surface area contributed by atoms with Crippen LogP contribution in [-0.2, 0) is 0 Å². The Morgan fingerprint density at radius 1 is 1.17 bits per heavy atom. The average molecular weight is 524 g/mol. The summed E-state index contributed by atoms with van der Waals surface area (Å²) >= 11 is 0. The second kappa shape index (κ2) is 9.28. The molecule has 162 valence electrons. The van der Waals surface area contributed by atoms with Gasteiger partial charge in [0, 0.05) is 38.1 Å². The highest BCUT2D eigenvalue weighted by Gasteiger charge is 2.43. The predicted octanol–water partition coefficient (Wildman–Crippen LogP) is 3.80. The van der Waals surface area contributed by atoms with Crippen LogP contribution in [0.1, 0.15) is 37.2 Å². The fraction of sp³-hybridized carbons (Fsp3) is 0.650. The second-order valence-corrected chi connectivity index (χ2v) is 7.86. The molecule has 3 atom stereocenters. The number of hydrogen-bond donors (Lipinski definition) is 1. The Hall–Kier alpha value is -1.23. The Morgan fingerprint density at radius 3 is 2.59 bits per heavy atom. The number of nitrogens with zero attached hydrogens (tertiary/aromatic N) is 3. The molecule has 0 aromatic heterocycles. The van der Waals surface area contributed by atoms with E-state index in [1.54, 1.807) is 25.2 Å². The van der Waals surface area contributed by atoms with E-state index in [9.17, 15) is 13.2 Å². The van der Waals surface area contributed by atoms with Crippen molar-refractivity contribution in [2.75, 3.05) is 33.2 Å². The van der Waals surface area contributed by atoms with E-state index in [4.69, 9.17) is 0 Å². The molecule has 3 fully saturated rings. The van der Waals surface area contributed by atoms with Gasteiger partial charge in [-0.1, -0.05) is 18.2 Å². The monoisotopic (exact) mass is 524 g/mol. The van der Waals surface area contributed by atoms with Gasteiger partial charge in [-0.3, -0.25) is 9.89 Å². The zero-order chi connectivity index (χ0) is 19.7. The van der Waals surface area contributed by atoms with E-state index in [1.807, 2.05) is 0 Å². The zero-order valence-electron chi connectivity index (χ0n) is 16.5. The average Bonchev–Trinajstić information content (AvgIpc) is 3.03. The molecule has 9 heteroatoms. The Bertz CT molecular complexity index is 724. The molecule has 2 saturated heterocycles. The van der Waals surface area contributed by atoms with Gasteiger partial charge in [0.05, 0.1) is 0 Å². The normalized spacial score (nSPS) is 27.7. The van der Waals surface area contributed by atoms with E-state index in [0.717, 1.165) is 31.9 Å². The third-order valence-corrected chi connectivity index (χ3v) is 5.98. The number of benzene rings is 1. The largest absolute Gasteiger partial charge is 0.573 e. The Labute approximate surface area is 186 Å². The Kier molecular flexibility index (Phi) is 7.19. The maximum atomic E-state index is 12.7. The zero-order valence-corrected chi connectivity index (χ0v) is 18.8. The van der Waals surface area contributed by atoms with Crippen LogP contribution in [0.25, 0.3) is 0 Å². The SMILES string of the molecule is CN=C(NC1CC1c1ccccc1OC(F)(F)F)N1CCC(N2CCCC2)C1.I. The van der Waals surface area contributed by atoms with Crippen molar-refractivity contribution < 1.29 is 17.9 Å². The van der Waals surface area contributed by atoms with Gasteiger partial charge in [0.2, 0.25) is 0 Å². The minimum atomic E-state index is -4.68. The van der Waals surface area contributed by atoms with Gasteiger partial charge < -0.3 is 15.0 Å². The van der Waals surface area contributed by atoms with Crippen LogP contribution < -0.4 is 10.1 Å². The number of halogens is 4. The van der Waals surface area contributed by atoms with E-state index in [-0.39, 0.29) is 41.7 Å². The molecule has 4 rings (SSSR count). The molecular weight excluding hydrogens is 496 g/mol. The Morgan fingerprint density at radius 2 is 1.90 bits per heavy atom. The number of likely N-dealkylation sites (tertiary alicyclic amines) is 2. The number of hydrogen-bond acceptors (Lipinski definition) is 3. The van der Waals surface area contributed by atoms with Crippen molar-refractivity contribution >= 4 is 29.9 Å². The van der Waals surface area contributed by atoms with E-state index in [0.29, 0.717) is 11.6 Å². The molecular formula is C20H28F3IN4O. The smallest absolute Gasteiger partial charge is 0.405 e. The van der Waals surface area contributed by atoms with Crippen LogP contribution in [0.3, 0.4) is 0 Å². The van der Waals surface area contributed by atoms with Crippen molar-refractivity contribution in [1.29, 1.82) is 0 Å². The molecule has 5 nitrogen and oxygen atoms in total. The van der Waals surface area contributed by atoms with Gasteiger partial charge in [0.15, 0.2) is 5.96 Å². The van der Waals surface area contributed by atoms with E-state index >= 15 is 0 Å². The standard InChI is InChI=1S/C20H27F3N4O.HI/c1-24-19(27-11-8-14(13-27)26-9-4-5-10-26)25-17-12-16(17)15-6-2-3-7-18(15)28-20(21,22)23;/h2-3,6-7,14,16-17H,4-5,8-13H2,1H3,(H,24,25);1H. The van der Waals surface area contributed by atoms with Gasteiger partial charge >= 0.3 is 6.36 Å². The molecule has 1 saturated carbocycles. The van der Waals surface area contributed by atoms with Crippen LogP contribution >= 0.6 is 24.0 Å². The molecule has 1 N–H and O–H groups in total. The van der Waals surface area contributed by atoms with Crippen molar-refractivity contribution in [2.45, 2.75) is 50.0 Å². The third kappa shape index (κ3) is 5.48. The fourth-order valence-electron chi connectivity index (χ4n) is 4.50. The summed E-state index contributed by atoms with van der Waals surface area (Å²) in [6.45, 7) is 4.30. The van der Waals surface area contributed by atoms with Crippen molar-refractivity contribution in [3.8, 4) is 5.75 Å². The van der Waals surface area contributed by atoms with Crippen molar-refractivity contribution in [3.63, 3.8) is 0 Å². The highest BCUT2D eigenvalue weighted by Crippen LogP contribution is 2.45. The molecule has 0 radical (unpaired) electrons. The number of rotatable bonds is 4. The third-order valence-electron chi connectivity index (χ3n) is 5.98. The van der Waals surface area contributed by atoms with Crippen LogP contribution in [0.4, 0.5) is 13.2 Å². The highest BCUT2D eigenvalue weighted by molar-refractivity contribution is 14.0. The summed E-state index contributed by atoms with van der Waals surface area (Å²) in [6, 6.07) is 7.09. The maximum Gasteiger partial charge on any atom is 0.573 e. The lowest BCUT2D eigenvalue weighted by Crippen LogP contribution is -2.43. The second-order valence-electron chi connectivity index (χ2n) is 7.86. The number of alkyl halides is 3. The summed E-state index contributed by atoms with van der Waals surface area (Å²) in [4.78, 5) is 9.26. The molecule has 3 unspecified atom stereocenters. The summed E-state index contributed by atoms with van der Waals surface area (Å²) < 4.78 is 42.2. The molecule has 1 aliphatic carbocycles. The minimum Gasteiger partial charge on any atom is -0.405 e. The van der Waals surface area contributed by atoms with Crippen LogP contribution in [0.2, 0.25) is 0 Å². The number of guanidine groups is 1. The predicted molar refractivity (Wildman–Crippen MR) is 117 cm³/mol. The molecule has 2 heterocycles. The summed E-state index contributed by atoms with van der Waals surface area (Å²) in [5, 5.41) is 3.45. The first kappa shape index (κ1) is 22.5. The van der Waals surface area contributed by atoms with Crippen molar-refractivity contribution in [3.05, 3.63) is 29.8 Å². The summed E-state index contributed by atoms with van der Waals surface area (Å²) in [6.07, 6.45) is -0.193. The lowest BCUT2D eigenvalue weighted by molar-refractivity contribution is -0.274. The fourth-order valence-corrected chi connectivity index (χ4v) is 4.50. The van der Waals surface area contributed by atoms with Gasteiger partial charge in [-0.25, -0.2) is 0 Å². The Balaban J connectivity index is 0.00000240. The van der Waals surface area contributed by atoms with E-state index in [1.165, 1.54) is 32.0 Å². The van der Waals surface area contributed by atoms with Crippen molar-refractivity contribution in [2.24, 2.45) is 4.99 Å². The number of aliphatic imine (C=N–C) groups is 1. The molecule has 29 heavy (non-hydrogen) atoms. The number of para-hydroxylation sites is 1. The molecule has 2 aliphatic heterocycles. The van der Waals surface area contributed by atoms with Gasteiger partial charge in [-0.05, 0) is 50.4 Å². The first-order valence-electron chi connectivity index (χ1n) is 10.0. The lowest BCUT2D eigenvalue weighted by atomic mass is 10.1. The van der Waals surface area contributed by atoms with E-state index < -0.39 is 6.36 Å². The first-order chi connectivity index (χ1) is 13.4. The van der Waals surface area contributed by atoms with Crippen LogP contribution in [0, 0.1) is 0 Å². The minimum absolute atomic E-state index is 0. The molecule has 1 aromatic rings. The summed E-state index contributed by atoms with van der Waals surface area (Å²) in [5.74, 6) is 0.755. The molecule has 0 spiro atoms. The molecule has 0 amide bonds. The first-order valence-corrected chi connectivity index (χ1v) is 10.0. The topological polar surface area (TPSA) is 40.1 Å². The van der Waals surface area contributed by atoms with Gasteiger partial charge in [-0.15, -0.1) is 37.1 Å². The number of nitrogens with one attached hydrogen (secondary N) is 1. The quantitative estimate of drug-likeness (QED) is 0.370. The van der Waals surface area contributed by atoms with Crippen LogP contribution in [-0.4, -0.2) is 67.4 Å². The highest BCUT2D eigenvalue weighted by atomic mass is 127. The van der Waals surface area contributed by atoms with E-state index in [2.05, 4.69) is 24.8 Å². The maximum absolute atomic E-state index is 12.7.